The van der Waals surface area contributed by atoms with Crippen LogP contribution in [0.3, 0.4) is 0 Å². The fourth-order valence-corrected chi connectivity index (χ4v) is 0.610. The number of hydrogen-bond donors (Lipinski definition) is 0. The first kappa shape index (κ1) is 4.65. The maximum atomic E-state index is 3.83. The van der Waals surface area contributed by atoms with Gasteiger partial charge in [0.1, 0.15) is 0 Å². The Morgan fingerprint density at radius 3 is 3.57 bits per heavy atom. The van der Waals surface area contributed by atoms with E-state index >= 15 is 0 Å². The average molecular weight is 110 g/mol. The number of hydrogen-bond acceptors (Lipinski definition) is 2. The molecule has 0 saturated carbocycles. The molecule has 0 fully saturated rings. The summed E-state index contributed by atoms with van der Waals surface area (Å²) in [5, 5.41) is 1.90. The van der Waals surface area contributed by atoms with E-state index in [2.05, 4.69) is 10.5 Å². The van der Waals surface area contributed by atoms with Crippen LogP contribution >= 0.6 is 11.9 Å². The standard InChI is InChI=1S/C5H4NS/c1-2-4-6-7-5-3-1/h1,3-5H. The van der Waals surface area contributed by atoms with Crippen LogP contribution in [0.15, 0.2) is 22.0 Å². The molecule has 1 rings (SSSR count). The molecule has 0 aliphatic carbocycles. The lowest BCUT2D eigenvalue weighted by molar-refractivity contribution is 1.96. The van der Waals surface area contributed by atoms with Crippen LogP contribution in [-0.2, 0) is 0 Å². The summed E-state index contributed by atoms with van der Waals surface area (Å²) in [5.41, 5.74) is 0. The van der Waals surface area contributed by atoms with Gasteiger partial charge < -0.3 is 0 Å². The smallest absolute Gasteiger partial charge is 0.0434 e. The summed E-state index contributed by atoms with van der Waals surface area (Å²) in [6, 6.07) is 0. The van der Waals surface area contributed by atoms with Crippen molar-refractivity contribution in [3.63, 3.8) is 0 Å². The van der Waals surface area contributed by atoms with Crippen LogP contribution in [0.25, 0.3) is 0 Å². The molecule has 0 N–H and O–H groups in total. The van der Waals surface area contributed by atoms with E-state index in [0.29, 0.717) is 0 Å². The zero-order valence-corrected chi connectivity index (χ0v) is 4.48. The second-order valence-corrected chi connectivity index (χ2v) is 1.70. The summed E-state index contributed by atoms with van der Waals surface area (Å²) < 4.78 is 3.83. The number of nitrogens with zero attached hydrogens (tertiary/aromatic N) is 1. The van der Waals surface area contributed by atoms with Crippen molar-refractivity contribution in [1.82, 2.24) is 0 Å². The van der Waals surface area contributed by atoms with Gasteiger partial charge in [-0.15, -0.1) is 0 Å². The van der Waals surface area contributed by atoms with Gasteiger partial charge in [-0.05, 0) is 5.41 Å². The van der Waals surface area contributed by atoms with Crippen molar-refractivity contribution >= 4 is 18.2 Å². The molecule has 1 aliphatic rings. The molecule has 1 nitrogen and oxygen atoms in total. The highest BCUT2D eigenvalue weighted by Crippen LogP contribution is 2.03. The minimum atomic E-state index is 1.41. The maximum Gasteiger partial charge on any atom is 0.0434 e. The van der Waals surface area contributed by atoms with Gasteiger partial charge in [0.2, 0.25) is 0 Å². The van der Waals surface area contributed by atoms with Crippen molar-refractivity contribution in [1.29, 1.82) is 0 Å². The number of allylic oxidation sites excluding steroid dienone is 3. The molecule has 0 bridgehead atoms. The normalized spacial score (nSPS) is 17.1. The van der Waals surface area contributed by atoms with E-state index in [-0.39, 0.29) is 0 Å². The van der Waals surface area contributed by atoms with Crippen LogP contribution in [0.5, 0.6) is 0 Å². The van der Waals surface area contributed by atoms with E-state index in [1.807, 2.05) is 17.6 Å². The van der Waals surface area contributed by atoms with Crippen molar-refractivity contribution in [2.24, 2.45) is 4.40 Å². The molecule has 0 aromatic rings. The molecule has 7 heavy (non-hydrogen) atoms. The van der Waals surface area contributed by atoms with Crippen LogP contribution in [0, 0.1) is 6.08 Å². The van der Waals surface area contributed by atoms with E-state index in [0.717, 1.165) is 0 Å². The minimum Gasteiger partial charge on any atom is -0.219 e. The summed E-state index contributed by atoms with van der Waals surface area (Å²) in [6.07, 6.45) is 8.19. The highest BCUT2D eigenvalue weighted by molar-refractivity contribution is 8.01. The third kappa shape index (κ3) is 1.59. The molecule has 2 heteroatoms. The summed E-state index contributed by atoms with van der Waals surface area (Å²) in [4.78, 5) is 0. The van der Waals surface area contributed by atoms with Crippen molar-refractivity contribution in [3.05, 3.63) is 23.6 Å². The topological polar surface area (TPSA) is 12.4 Å². The Morgan fingerprint density at radius 2 is 2.57 bits per heavy atom. The summed E-state index contributed by atoms with van der Waals surface area (Å²) in [7, 11) is 0. The Kier molecular flexibility index (Phi) is 1.75. The lowest BCUT2D eigenvalue weighted by Crippen LogP contribution is -1.54. The van der Waals surface area contributed by atoms with Gasteiger partial charge >= 0.3 is 0 Å². The van der Waals surface area contributed by atoms with Gasteiger partial charge in [0.05, 0.1) is 0 Å². The van der Waals surface area contributed by atoms with Crippen molar-refractivity contribution in [2.75, 3.05) is 0 Å². The first-order chi connectivity index (χ1) is 3.50. The molecule has 0 amide bonds. The third-order valence-corrected chi connectivity index (χ3v) is 1.03. The molecule has 0 aromatic carbocycles. The molecule has 1 aliphatic heterocycles. The Labute approximate surface area is 47.0 Å². The van der Waals surface area contributed by atoms with Crippen LogP contribution in [-0.4, -0.2) is 6.21 Å². The maximum absolute atomic E-state index is 3.83. The quantitative estimate of drug-likeness (QED) is 0.431. The molecule has 0 spiro atoms. The van der Waals surface area contributed by atoms with Gasteiger partial charge in [-0.3, -0.25) is 0 Å². The average Bonchev–Trinajstić information content (AvgIpc) is 1.90. The predicted molar refractivity (Wildman–Crippen MR) is 33.0 cm³/mol. The van der Waals surface area contributed by atoms with Gasteiger partial charge in [0.15, 0.2) is 0 Å². The summed E-state index contributed by atoms with van der Waals surface area (Å²) >= 11 is 1.41. The molecule has 0 aromatic heterocycles. The Balaban J connectivity index is 2.60. The zero-order valence-electron chi connectivity index (χ0n) is 3.66. The molecule has 1 radical (unpaired) electrons. The van der Waals surface area contributed by atoms with Crippen LogP contribution in [0.2, 0.25) is 0 Å². The highest BCUT2D eigenvalue weighted by Gasteiger charge is 1.72. The molecular weight excluding hydrogens is 106 g/mol. The Hall–Kier alpha value is -0.500. The molecule has 0 atom stereocenters. The summed E-state index contributed by atoms with van der Waals surface area (Å²) in [6.45, 7) is 0. The lowest BCUT2D eigenvalue weighted by Gasteiger charge is -1.69. The summed E-state index contributed by atoms with van der Waals surface area (Å²) in [5.74, 6) is 0. The predicted octanol–water partition coefficient (Wildman–Crippen LogP) is 1.59. The van der Waals surface area contributed by atoms with Gasteiger partial charge in [-0.25, -0.2) is 4.40 Å². The fraction of sp³-hybridized carbons (Fsp3) is 0. The Bertz CT molecular complexity index is 110. The number of rotatable bonds is 0. The Morgan fingerprint density at radius 1 is 1.57 bits per heavy atom. The molecule has 35 valence electrons. The van der Waals surface area contributed by atoms with E-state index in [4.69, 9.17) is 0 Å². The highest BCUT2D eigenvalue weighted by atomic mass is 32.2. The van der Waals surface area contributed by atoms with Gasteiger partial charge in [-0.1, -0.05) is 12.2 Å². The second kappa shape index (κ2) is 2.64. The third-order valence-electron chi connectivity index (χ3n) is 0.520. The van der Waals surface area contributed by atoms with Crippen LogP contribution in [0.4, 0.5) is 0 Å². The lowest BCUT2D eigenvalue weighted by atomic mass is 10.5. The second-order valence-electron chi connectivity index (χ2n) is 1.00. The minimum absolute atomic E-state index is 1.41. The van der Waals surface area contributed by atoms with E-state index in [9.17, 15) is 0 Å². The monoisotopic (exact) mass is 110 g/mol. The first-order valence-corrected chi connectivity index (χ1v) is 2.76. The molecule has 0 unspecified atom stereocenters. The van der Waals surface area contributed by atoms with Gasteiger partial charge in [0, 0.05) is 24.2 Å². The SMILES string of the molecule is [C]1=CC=CSN=C1. The van der Waals surface area contributed by atoms with Crippen LogP contribution in [0.1, 0.15) is 0 Å². The van der Waals surface area contributed by atoms with Gasteiger partial charge in [-0.2, -0.15) is 0 Å². The fourth-order valence-electron chi connectivity index (χ4n) is 0.269. The first-order valence-electron chi connectivity index (χ1n) is 1.92. The zero-order chi connectivity index (χ0) is 4.95. The molecule has 1 heterocycles. The van der Waals surface area contributed by atoms with Crippen LogP contribution < -0.4 is 0 Å². The van der Waals surface area contributed by atoms with Crippen molar-refractivity contribution in [3.8, 4) is 0 Å². The van der Waals surface area contributed by atoms with E-state index < -0.39 is 0 Å². The largest absolute Gasteiger partial charge is 0.219 e. The molecular formula is C5H4NS. The van der Waals surface area contributed by atoms with Crippen molar-refractivity contribution in [2.45, 2.75) is 0 Å². The van der Waals surface area contributed by atoms with E-state index in [1.165, 1.54) is 11.9 Å². The van der Waals surface area contributed by atoms with E-state index in [1.54, 1.807) is 6.21 Å². The molecule has 0 saturated heterocycles. The van der Waals surface area contributed by atoms with Gasteiger partial charge in [0.25, 0.3) is 0 Å². The van der Waals surface area contributed by atoms with Crippen molar-refractivity contribution < 1.29 is 0 Å².